The van der Waals surface area contributed by atoms with Gasteiger partial charge in [-0.15, -0.1) is 0 Å². The first-order valence-electron chi connectivity index (χ1n) is 11.9. The molecule has 4 heteroatoms. The summed E-state index contributed by atoms with van der Waals surface area (Å²) in [5.41, 5.74) is 0. The molecule has 0 aromatic heterocycles. The minimum Gasteiger partial charge on any atom is -0.497 e. The van der Waals surface area contributed by atoms with Crippen LogP contribution in [0.15, 0.2) is 109 Å². The molecular weight excluding hydrogens is 449 g/mol. The highest BCUT2D eigenvalue weighted by atomic mass is 28.3. The summed E-state index contributed by atoms with van der Waals surface area (Å²) >= 11 is 0. The molecule has 2 nitrogen and oxygen atoms in total. The molecule has 34 heavy (non-hydrogen) atoms. The average Bonchev–Trinajstić information content (AvgIpc) is 2.90. The number of hydrogen-bond donors (Lipinski definition) is 0. The number of rotatable bonds is 9. The number of methoxy groups -OCH3 is 1. The predicted molar refractivity (Wildman–Crippen MR) is 150 cm³/mol. The molecule has 0 aliphatic rings. The SMILES string of the molecule is COc1ccc([Si](C)(C)c2ccc(OCC[Si](C)(c3ccccc3)c3ccccc3)cc2)cc1. The fraction of sp³-hybridized carbons (Fsp3) is 0.200. The molecule has 0 heterocycles. The second kappa shape index (κ2) is 10.5. The minimum atomic E-state index is -1.88. The molecule has 0 bridgehead atoms. The second-order valence-electron chi connectivity index (χ2n) is 9.54. The summed E-state index contributed by atoms with van der Waals surface area (Å²) in [5, 5.41) is 5.70. The van der Waals surface area contributed by atoms with E-state index in [4.69, 9.17) is 9.47 Å². The number of hydrogen-bond acceptors (Lipinski definition) is 2. The summed E-state index contributed by atoms with van der Waals surface area (Å²) in [5.74, 6) is 1.85. The van der Waals surface area contributed by atoms with E-state index < -0.39 is 16.1 Å². The van der Waals surface area contributed by atoms with Gasteiger partial charge in [0, 0.05) is 0 Å². The van der Waals surface area contributed by atoms with E-state index in [1.165, 1.54) is 20.7 Å². The molecule has 4 rings (SSSR count). The predicted octanol–water partition coefficient (Wildman–Crippen LogP) is 4.79. The van der Waals surface area contributed by atoms with Crippen molar-refractivity contribution >= 4 is 36.9 Å². The molecule has 0 fully saturated rings. The van der Waals surface area contributed by atoms with Gasteiger partial charge in [0.25, 0.3) is 0 Å². The third-order valence-electron chi connectivity index (χ3n) is 7.08. The van der Waals surface area contributed by atoms with Crippen molar-refractivity contribution in [2.45, 2.75) is 25.7 Å². The lowest BCUT2D eigenvalue weighted by Crippen LogP contribution is -2.56. The maximum atomic E-state index is 6.28. The highest BCUT2D eigenvalue weighted by Gasteiger charge is 2.31. The van der Waals surface area contributed by atoms with Gasteiger partial charge in [-0.3, -0.25) is 0 Å². The van der Waals surface area contributed by atoms with Crippen LogP contribution < -0.4 is 30.2 Å². The molecule has 0 radical (unpaired) electrons. The van der Waals surface area contributed by atoms with Gasteiger partial charge in [0.2, 0.25) is 0 Å². The van der Waals surface area contributed by atoms with Gasteiger partial charge in [0.15, 0.2) is 0 Å². The van der Waals surface area contributed by atoms with Crippen molar-refractivity contribution < 1.29 is 9.47 Å². The summed E-state index contributed by atoms with van der Waals surface area (Å²) in [4.78, 5) is 0. The topological polar surface area (TPSA) is 18.5 Å². The maximum absolute atomic E-state index is 6.28. The maximum Gasteiger partial charge on any atom is 0.119 e. The van der Waals surface area contributed by atoms with E-state index in [0.717, 1.165) is 17.5 Å². The van der Waals surface area contributed by atoms with E-state index >= 15 is 0 Å². The van der Waals surface area contributed by atoms with Crippen LogP contribution in [-0.4, -0.2) is 29.9 Å². The Morgan fingerprint density at radius 1 is 0.529 bits per heavy atom. The largest absolute Gasteiger partial charge is 0.497 e. The van der Waals surface area contributed by atoms with Crippen LogP contribution in [0, 0.1) is 0 Å². The summed E-state index contributed by atoms with van der Waals surface area (Å²) in [6, 6.07) is 40.2. The van der Waals surface area contributed by atoms with E-state index in [1.807, 2.05) is 0 Å². The summed E-state index contributed by atoms with van der Waals surface area (Å²) in [6.07, 6.45) is 0. The van der Waals surface area contributed by atoms with Crippen LogP contribution in [0.1, 0.15) is 0 Å². The fourth-order valence-electron chi connectivity index (χ4n) is 4.58. The Labute approximate surface area is 206 Å². The molecule has 174 valence electrons. The van der Waals surface area contributed by atoms with Crippen LogP contribution >= 0.6 is 0 Å². The average molecular weight is 483 g/mol. The van der Waals surface area contributed by atoms with E-state index in [2.05, 4.69) is 129 Å². The minimum absolute atomic E-state index is 0.713. The van der Waals surface area contributed by atoms with Crippen molar-refractivity contribution in [3.8, 4) is 11.5 Å². The van der Waals surface area contributed by atoms with Crippen molar-refractivity contribution in [3.63, 3.8) is 0 Å². The standard InChI is InChI=1S/C30H34O2Si2/c1-31-25-15-19-27(20-16-25)33(2,3)28-21-17-26(18-22-28)32-23-24-34(4,29-11-7-5-8-12-29)30-13-9-6-10-14-30/h5-22H,23-24H2,1-4H3. The zero-order valence-corrected chi connectivity index (χ0v) is 22.6. The Hall–Kier alpha value is -3.09. The lowest BCUT2D eigenvalue weighted by molar-refractivity contribution is 0.339. The highest BCUT2D eigenvalue weighted by Crippen LogP contribution is 2.16. The first-order chi connectivity index (χ1) is 16.4. The van der Waals surface area contributed by atoms with E-state index in [0.29, 0.717) is 6.61 Å². The molecule has 0 spiro atoms. The van der Waals surface area contributed by atoms with Gasteiger partial charge in [-0.2, -0.15) is 0 Å². The third-order valence-corrected chi connectivity index (χ3v) is 15.1. The van der Waals surface area contributed by atoms with Crippen LogP contribution in [0.25, 0.3) is 0 Å². The smallest absolute Gasteiger partial charge is 0.119 e. The molecule has 4 aromatic rings. The van der Waals surface area contributed by atoms with E-state index in [9.17, 15) is 0 Å². The van der Waals surface area contributed by atoms with Gasteiger partial charge >= 0.3 is 0 Å². The van der Waals surface area contributed by atoms with Crippen LogP contribution in [0.3, 0.4) is 0 Å². The molecule has 0 saturated heterocycles. The van der Waals surface area contributed by atoms with Crippen molar-refractivity contribution in [1.29, 1.82) is 0 Å². The highest BCUT2D eigenvalue weighted by molar-refractivity contribution is 7.01. The van der Waals surface area contributed by atoms with Crippen LogP contribution in [0.4, 0.5) is 0 Å². The van der Waals surface area contributed by atoms with Crippen LogP contribution in [-0.2, 0) is 0 Å². The second-order valence-corrected chi connectivity index (χ2v) is 18.3. The van der Waals surface area contributed by atoms with E-state index in [1.54, 1.807) is 7.11 Å². The molecule has 0 amide bonds. The van der Waals surface area contributed by atoms with Gasteiger partial charge in [0.1, 0.15) is 27.6 Å². The third kappa shape index (κ3) is 5.19. The van der Waals surface area contributed by atoms with Crippen LogP contribution in [0.5, 0.6) is 11.5 Å². The molecule has 0 atom stereocenters. The number of benzene rings is 4. The Bertz CT molecular complexity index is 1130. The van der Waals surface area contributed by atoms with Crippen molar-refractivity contribution in [2.24, 2.45) is 0 Å². The molecular formula is C30H34O2Si2. The molecule has 0 N–H and O–H groups in total. The van der Waals surface area contributed by atoms with Crippen LogP contribution in [0.2, 0.25) is 25.7 Å². The quantitative estimate of drug-likeness (QED) is 0.319. The van der Waals surface area contributed by atoms with Crippen molar-refractivity contribution in [3.05, 3.63) is 109 Å². The lowest BCUT2D eigenvalue weighted by atomic mass is 10.3. The zero-order valence-electron chi connectivity index (χ0n) is 20.6. The summed E-state index contributed by atoms with van der Waals surface area (Å²) < 4.78 is 11.6. The molecule has 0 aliphatic carbocycles. The van der Waals surface area contributed by atoms with Gasteiger partial charge in [-0.25, -0.2) is 0 Å². The van der Waals surface area contributed by atoms with E-state index in [-0.39, 0.29) is 0 Å². The fourth-order valence-corrected chi connectivity index (χ4v) is 10.2. The molecule has 0 saturated carbocycles. The zero-order chi connectivity index (χ0) is 24.0. The van der Waals surface area contributed by atoms with Crippen molar-refractivity contribution in [2.75, 3.05) is 13.7 Å². The summed E-state index contributed by atoms with van der Waals surface area (Å²) in [7, 11) is -1.94. The Balaban J connectivity index is 1.46. The first kappa shape index (κ1) is 24.1. The normalized spacial score (nSPS) is 11.8. The lowest BCUT2D eigenvalue weighted by Gasteiger charge is -2.29. The Morgan fingerprint density at radius 3 is 1.41 bits per heavy atom. The number of ether oxygens (including phenoxy) is 2. The van der Waals surface area contributed by atoms with Gasteiger partial charge in [-0.1, -0.05) is 125 Å². The summed E-state index contributed by atoms with van der Waals surface area (Å²) in [6.45, 7) is 7.95. The monoisotopic (exact) mass is 482 g/mol. The Kier molecular flexibility index (Phi) is 7.39. The van der Waals surface area contributed by atoms with Gasteiger partial charge < -0.3 is 9.47 Å². The van der Waals surface area contributed by atoms with Gasteiger partial charge in [-0.05, 0) is 30.3 Å². The van der Waals surface area contributed by atoms with Crippen molar-refractivity contribution in [1.82, 2.24) is 0 Å². The molecule has 0 aliphatic heterocycles. The first-order valence-corrected chi connectivity index (χ1v) is 17.6. The molecule has 0 unspecified atom stereocenters. The molecule has 4 aromatic carbocycles. The van der Waals surface area contributed by atoms with Gasteiger partial charge in [0.05, 0.1) is 13.7 Å². The Morgan fingerprint density at radius 2 is 0.971 bits per heavy atom.